The fourth-order valence-electron chi connectivity index (χ4n) is 8.65. The van der Waals surface area contributed by atoms with E-state index in [1.54, 1.807) is 0 Å². The van der Waals surface area contributed by atoms with E-state index in [9.17, 15) is 0 Å². The van der Waals surface area contributed by atoms with Gasteiger partial charge in [0.1, 0.15) is 0 Å². The number of nitrogens with zero attached hydrogens (tertiary/aromatic N) is 4. The molecule has 0 N–H and O–H groups in total. The quantitative estimate of drug-likeness (QED) is 0.176. The van der Waals surface area contributed by atoms with E-state index >= 15 is 0 Å². The van der Waals surface area contributed by atoms with Gasteiger partial charge in [0.2, 0.25) is 5.95 Å². The molecule has 0 amide bonds. The van der Waals surface area contributed by atoms with Crippen molar-refractivity contribution in [3.63, 3.8) is 0 Å². The Morgan fingerprint density at radius 1 is 0.362 bits per heavy atom. The second-order valence-corrected chi connectivity index (χ2v) is 15.9. The third-order valence-corrected chi connectivity index (χ3v) is 12.6. The molecule has 0 saturated carbocycles. The van der Waals surface area contributed by atoms with Gasteiger partial charge in [0.05, 0.1) is 11.0 Å². The van der Waals surface area contributed by atoms with E-state index in [1.165, 1.54) is 47.5 Å². The molecule has 0 radical (unpaired) electrons. The normalized spacial score (nSPS) is 11.8. The van der Waals surface area contributed by atoms with Crippen molar-refractivity contribution in [1.29, 1.82) is 0 Å². The monoisotopic (exact) mass is 756 g/mol. The average Bonchev–Trinajstić information content (AvgIpc) is 3.85. The van der Waals surface area contributed by atoms with Crippen LogP contribution in [-0.2, 0) is 0 Å². The summed E-state index contributed by atoms with van der Waals surface area (Å²) in [6, 6.07) is 69.2. The summed E-state index contributed by atoms with van der Waals surface area (Å²) in [5, 5.41) is 9.58. The highest BCUT2D eigenvalue weighted by Gasteiger charge is 2.21. The number of rotatable bonds is 5. The molecule has 0 aliphatic rings. The van der Waals surface area contributed by atoms with E-state index in [2.05, 4.69) is 199 Å². The van der Waals surface area contributed by atoms with Crippen LogP contribution in [0.3, 0.4) is 0 Å². The van der Waals surface area contributed by atoms with E-state index in [4.69, 9.17) is 15.0 Å². The van der Waals surface area contributed by atoms with Crippen molar-refractivity contribution in [2.75, 3.05) is 0 Å². The lowest BCUT2D eigenvalue weighted by molar-refractivity contribution is 0.954. The van der Waals surface area contributed by atoms with Gasteiger partial charge in [0.25, 0.3) is 0 Å². The van der Waals surface area contributed by atoms with Crippen LogP contribution in [0.5, 0.6) is 0 Å². The highest BCUT2D eigenvalue weighted by atomic mass is 32.1. The molecule has 0 unspecified atom stereocenters. The van der Waals surface area contributed by atoms with Gasteiger partial charge in [-0.2, -0.15) is 9.97 Å². The molecule has 0 atom stereocenters. The molecule has 12 rings (SSSR count). The Bertz CT molecular complexity index is 3530. The number of hydrogen-bond donors (Lipinski definition) is 0. The largest absolute Gasteiger partial charge is 0.278 e. The van der Waals surface area contributed by atoms with Gasteiger partial charge in [-0.1, -0.05) is 158 Å². The lowest BCUT2D eigenvalue weighted by Crippen LogP contribution is -2.06. The van der Waals surface area contributed by atoms with Gasteiger partial charge in [-0.15, -0.1) is 11.3 Å². The standard InChI is InChI=1S/C53H32N4S/c1-2-13-36-30-38(29-28-33(36)12-1)35-26-24-34(25-27-35)37-15-11-16-40(31-37)51-54-52(56-53(55-51)57-46-21-8-5-18-42(46)43-19-6-9-22-47(43)57)45-32-39-14-3-4-17-41(39)50-49(45)44-20-7-10-23-48(44)58-50/h1-32H. The molecule has 270 valence electrons. The minimum absolute atomic E-state index is 0.586. The highest BCUT2D eigenvalue weighted by molar-refractivity contribution is 7.26. The molecule has 9 aromatic carbocycles. The van der Waals surface area contributed by atoms with Crippen molar-refractivity contribution < 1.29 is 0 Å². The van der Waals surface area contributed by atoms with Crippen LogP contribution >= 0.6 is 11.3 Å². The van der Waals surface area contributed by atoms with Crippen LogP contribution in [0.15, 0.2) is 194 Å². The zero-order chi connectivity index (χ0) is 38.2. The van der Waals surface area contributed by atoms with E-state index < -0.39 is 0 Å². The Morgan fingerprint density at radius 2 is 0.931 bits per heavy atom. The summed E-state index contributed by atoms with van der Waals surface area (Å²) in [7, 11) is 0. The molecule has 3 heterocycles. The van der Waals surface area contributed by atoms with Gasteiger partial charge in [-0.25, -0.2) is 4.98 Å². The number of fused-ring (bicyclic) bond motifs is 9. The Kier molecular flexibility index (Phi) is 7.37. The number of thiophene rings is 1. The lowest BCUT2D eigenvalue weighted by atomic mass is 9.97. The summed E-state index contributed by atoms with van der Waals surface area (Å²) in [4.78, 5) is 16.1. The van der Waals surface area contributed by atoms with E-state index in [1.807, 2.05) is 11.3 Å². The molecular formula is C53H32N4S. The van der Waals surface area contributed by atoms with Crippen molar-refractivity contribution in [2.45, 2.75) is 0 Å². The second kappa shape index (κ2) is 13.1. The maximum atomic E-state index is 5.40. The summed E-state index contributed by atoms with van der Waals surface area (Å²) < 4.78 is 4.67. The number of para-hydroxylation sites is 2. The molecule has 0 aliphatic heterocycles. The van der Waals surface area contributed by atoms with Crippen molar-refractivity contribution in [3.05, 3.63) is 194 Å². The smallest absolute Gasteiger partial charge is 0.238 e. The van der Waals surface area contributed by atoms with Crippen molar-refractivity contribution in [2.24, 2.45) is 0 Å². The molecule has 3 aromatic heterocycles. The van der Waals surface area contributed by atoms with Crippen LogP contribution in [0.25, 0.3) is 115 Å². The average molecular weight is 757 g/mol. The van der Waals surface area contributed by atoms with Crippen LogP contribution in [0.2, 0.25) is 0 Å². The van der Waals surface area contributed by atoms with Gasteiger partial charge < -0.3 is 0 Å². The van der Waals surface area contributed by atoms with Crippen molar-refractivity contribution in [1.82, 2.24) is 19.5 Å². The van der Waals surface area contributed by atoms with Crippen LogP contribution in [-0.4, -0.2) is 19.5 Å². The molecular weight excluding hydrogens is 725 g/mol. The maximum absolute atomic E-state index is 5.40. The predicted octanol–water partition coefficient (Wildman–Crippen LogP) is 14.3. The van der Waals surface area contributed by atoms with Gasteiger partial charge in [0, 0.05) is 42.1 Å². The van der Waals surface area contributed by atoms with Crippen LogP contribution in [0, 0.1) is 0 Å². The van der Waals surface area contributed by atoms with Gasteiger partial charge in [-0.3, -0.25) is 4.57 Å². The molecule has 58 heavy (non-hydrogen) atoms. The van der Waals surface area contributed by atoms with Gasteiger partial charge in [-0.05, 0) is 80.2 Å². The Labute approximate surface area is 338 Å². The van der Waals surface area contributed by atoms with Gasteiger partial charge >= 0.3 is 0 Å². The van der Waals surface area contributed by atoms with Crippen molar-refractivity contribution in [3.8, 4) is 51.0 Å². The molecule has 5 heteroatoms. The highest BCUT2D eigenvalue weighted by Crippen LogP contribution is 2.44. The first-order valence-electron chi connectivity index (χ1n) is 19.5. The molecule has 0 aliphatic carbocycles. The number of hydrogen-bond acceptors (Lipinski definition) is 4. The zero-order valence-electron chi connectivity index (χ0n) is 31.2. The molecule has 12 aromatic rings. The van der Waals surface area contributed by atoms with E-state index in [0.717, 1.165) is 49.4 Å². The fourth-order valence-corrected chi connectivity index (χ4v) is 9.91. The predicted molar refractivity (Wildman–Crippen MR) is 244 cm³/mol. The van der Waals surface area contributed by atoms with Crippen LogP contribution in [0.1, 0.15) is 0 Å². The van der Waals surface area contributed by atoms with E-state index in [0.29, 0.717) is 17.6 Å². The van der Waals surface area contributed by atoms with Crippen LogP contribution < -0.4 is 0 Å². The second-order valence-electron chi connectivity index (χ2n) is 14.8. The third kappa shape index (κ3) is 5.25. The summed E-state index contributed by atoms with van der Waals surface area (Å²) in [6.07, 6.45) is 0. The molecule has 4 nitrogen and oxygen atoms in total. The molecule has 0 bridgehead atoms. The SMILES string of the molecule is c1cc(-c2ccc(-c3ccc4ccccc4c3)cc2)cc(-c2nc(-c3cc4ccccc4c4sc5ccccc5c34)nc(-n3c4ccccc4c4ccccc43)n2)c1. The van der Waals surface area contributed by atoms with Crippen molar-refractivity contribution >= 4 is 74.9 Å². The first kappa shape index (κ1) is 32.7. The number of benzene rings is 9. The minimum atomic E-state index is 0.586. The Balaban J connectivity index is 1.06. The summed E-state index contributed by atoms with van der Waals surface area (Å²) in [5.41, 5.74) is 8.64. The number of aromatic nitrogens is 4. The Hall–Kier alpha value is -7.47. The topological polar surface area (TPSA) is 43.6 Å². The first-order valence-corrected chi connectivity index (χ1v) is 20.3. The molecule has 0 spiro atoms. The lowest BCUT2D eigenvalue weighted by Gasteiger charge is -2.13. The van der Waals surface area contributed by atoms with Crippen LogP contribution in [0.4, 0.5) is 0 Å². The molecule has 0 saturated heterocycles. The maximum Gasteiger partial charge on any atom is 0.238 e. The Morgan fingerprint density at radius 3 is 1.69 bits per heavy atom. The summed E-state index contributed by atoms with van der Waals surface area (Å²) >= 11 is 1.83. The van der Waals surface area contributed by atoms with E-state index in [-0.39, 0.29) is 0 Å². The fraction of sp³-hybridized carbons (Fsp3) is 0. The summed E-state index contributed by atoms with van der Waals surface area (Å²) in [5.74, 6) is 1.85. The molecule has 0 fully saturated rings. The summed E-state index contributed by atoms with van der Waals surface area (Å²) in [6.45, 7) is 0. The minimum Gasteiger partial charge on any atom is -0.278 e. The third-order valence-electron chi connectivity index (χ3n) is 11.4. The van der Waals surface area contributed by atoms with Gasteiger partial charge in [0.15, 0.2) is 11.6 Å². The zero-order valence-corrected chi connectivity index (χ0v) is 32.0. The first-order chi connectivity index (χ1) is 28.7.